The number of hydrogen-bond donors (Lipinski definition) is 1. The van der Waals surface area contributed by atoms with Crippen molar-refractivity contribution in [3.05, 3.63) is 64.2 Å². The average Bonchev–Trinajstić information content (AvgIpc) is 2.52. The summed E-state index contributed by atoms with van der Waals surface area (Å²) in [6.07, 6.45) is 0. The molecule has 2 aromatic rings. The summed E-state index contributed by atoms with van der Waals surface area (Å²) in [7, 11) is 0. The maximum Gasteiger partial charge on any atom is 0.341 e. The first-order chi connectivity index (χ1) is 10.6. The molecule has 0 fully saturated rings. The van der Waals surface area contributed by atoms with E-state index < -0.39 is 17.5 Å². The zero-order chi connectivity index (χ0) is 15.9. The molecule has 7 nitrogen and oxygen atoms in total. The van der Waals surface area contributed by atoms with E-state index in [4.69, 9.17) is 14.6 Å². The van der Waals surface area contributed by atoms with Crippen molar-refractivity contribution in [1.29, 1.82) is 0 Å². The molecule has 22 heavy (non-hydrogen) atoms. The van der Waals surface area contributed by atoms with Crippen LogP contribution in [0.1, 0.15) is 5.56 Å². The van der Waals surface area contributed by atoms with E-state index >= 15 is 0 Å². The van der Waals surface area contributed by atoms with Gasteiger partial charge in [0.05, 0.1) is 11.0 Å². The predicted octanol–water partition coefficient (Wildman–Crippen LogP) is 2.64. The number of rotatable bonds is 7. The summed E-state index contributed by atoms with van der Waals surface area (Å²) in [5, 5.41) is 19.4. The highest BCUT2D eigenvalue weighted by Gasteiger charge is 2.14. The van der Waals surface area contributed by atoms with Crippen LogP contribution in [0, 0.1) is 10.1 Å². The van der Waals surface area contributed by atoms with Crippen molar-refractivity contribution in [2.75, 3.05) is 6.61 Å². The lowest BCUT2D eigenvalue weighted by atomic mass is 10.2. The van der Waals surface area contributed by atoms with Crippen LogP contribution < -0.4 is 9.47 Å². The standard InChI is InChI=1S/C15H13NO6/c17-15(18)10-22-14-8-12(16(19)20)6-7-13(14)21-9-11-4-2-1-3-5-11/h1-8H,9-10H2,(H,17,18). The molecular weight excluding hydrogens is 290 g/mol. The van der Waals surface area contributed by atoms with Gasteiger partial charge < -0.3 is 14.6 Å². The molecule has 0 saturated carbocycles. The van der Waals surface area contributed by atoms with E-state index in [2.05, 4.69) is 0 Å². The molecule has 0 spiro atoms. The van der Waals surface area contributed by atoms with Gasteiger partial charge in [-0.25, -0.2) is 4.79 Å². The van der Waals surface area contributed by atoms with E-state index in [0.717, 1.165) is 11.6 Å². The molecular formula is C15H13NO6. The molecule has 0 bridgehead atoms. The molecule has 2 aromatic carbocycles. The summed E-state index contributed by atoms with van der Waals surface area (Å²) >= 11 is 0. The van der Waals surface area contributed by atoms with E-state index in [9.17, 15) is 14.9 Å². The average molecular weight is 303 g/mol. The van der Waals surface area contributed by atoms with Gasteiger partial charge in [-0.15, -0.1) is 0 Å². The second kappa shape index (κ2) is 7.07. The van der Waals surface area contributed by atoms with Gasteiger partial charge in [0.15, 0.2) is 18.1 Å². The molecule has 2 rings (SSSR count). The lowest BCUT2D eigenvalue weighted by molar-refractivity contribution is -0.385. The third-order valence-corrected chi connectivity index (χ3v) is 2.73. The van der Waals surface area contributed by atoms with Crippen LogP contribution in [0.5, 0.6) is 11.5 Å². The topological polar surface area (TPSA) is 98.9 Å². The normalized spacial score (nSPS) is 10.0. The molecule has 0 aromatic heterocycles. The third kappa shape index (κ3) is 4.20. The van der Waals surface area contributed by atoms with Crippen LogP contribution in [0.15, 0.2) is 48.5 Å². The summed E-state index contributed by atoms with van der Waals surface area (Å²) in [6, 6.07) is 13.1. The summed E-state index contributed by atoms with van der Waals surface area (Å²) in [4.78, 5) is 20.8. The minimum Gasteiger partial charge on any atom is -0.485 e. The van der Waals surface area contributed by atoms with Crippen LogP contribution in [0.3, 0.4) is 0 Å². The highest BCUT2D eigenvalue weighted by atomic mass is 16.6. The Balaban J connectivity index is 2.17. The number of carbonyl (C=O) groups is 1. The number of nitro groups is 1. The van der Waals surface area contributed by atoms with Gasteiger partial charge in [0.25, 0.3) is 5.69 Å². The Labute approximate surface area is 125 Å². The van der Waals surface area contributed by atoms with Crippen molar-refractivity contribution in [3.63, 3.8) is 0 Å². The molecule has 0 radical (unpaired) electrons. The van der Waals surface area contributed by atoms with E-state index in [0.29, 0.717) is 0 Å². The second-order valence-electron chi connectivity index (χ2n) is 4.34. The Hall–Kier alpha value is -3.09. The molecule has 114 valence electrons. The first kappa shape index (κ1) is 15.3. The molecule has 7 heteroatoms. The number of benzene rings is 2. The van der Waals surface area contributed by atoms with Crippen LogP contribution in [-0.2, 0) is 11.4 Å². The van der Waals surface area contributed by atoms with Crippen LogP contribution in [0.4, 0.5) is 5.69 Å². The van der Waals surface area contributed by atoms with Crippen LogP contribution in [-0.4, -0.2) is 22.6 Å². The van der Waals surface area contributed by atoms with E-state index in [1.54, 1.807) is 0 Å². The highest BCUT2D eigenvalue weighted by molar-refractivity contribution is 5.68. The maximum absolute atomic E-state index is 10.8. The van der Waals surface area contributed by atoms with Crippen molar-refractivity contribution in [2.24, 2.45) is 0 Å². The minimum atomic E-state index is -1.18. The summed E-state index contributed by atoms with van der Waals surface area (Å²) in [5.74, 6) is -0.913. The smallest absolute Gasteiger partial charge is 0.341 e. The van der Waals surface area contributed by atoms with E-state index in [1.165, 1.54) is 12.1 Å². The predicted molar refractivity (Wildman–Crippen MR) is 77.0 cm³/mol. The van der Waals surface area contributed by atoms with Gasteiger partial charge in [-0.3, -0.25) is 10.1 Å². The monoisotopic (exact) mass is 303 g/mol. The van der Waals surface area contributed by atoms with Crippen molar-refractivity contribution < 1.29 is 24.3 Å². The molecule has 0 aliphatic heterocycles. The number of carboxylic acid groups (broad SMARTS) is 1. The Morgan fingerprint density at radius 3 is 2.45 bits per heavy atom. The first-order valence-electron chi connectivity index (χ1n) is 6.36. The number of non-ortho nitro benzene ring substituents is 1. The number of hydrogen-bond acceptors (Lipinski definition) is 5. The first-order valence-corrected chi connectivity index (χ1v) is 6.36. The van der Waals surface area contributed by atoms with Crippen molar-refractivity contribution in [2.45, 2.75) is 6.61 Å². The molecule has 0 atom stereocenters. The molecule has 0 unspecified atom stereocenters. The van der Waals surface area contributed by atoms with Crippen molar-refractivity contribution >= 4 is 11.7 Å². The van der Waals surface area contributed by atoms with Gasteiger partial charge in [0.1, 0.15) is 6.61 Å². The molecule has 0 heterocycles. The number of nitro benzene ring substituents is 1. The fourth-order valence-corrected chi connectivity index (χ4v) is 1.72. The molecule has 0 aliphatic carbocycles. The third-order valence-electron chi connectivity index (χ3n) is 2.73. The van der Waals surface area contributed by atoms with Gasteiger partial charge >= 0.3 is 5.97 Å². The van der Waals surface area contributed by atoms with Crippen molar-refractivity contribution in [1.82, 2.24) is 0 Å². The number of nitrogens with zero attached hydrogens (tertiary/aromatic N) is 1. The fourth-order valence-electron chi connectivity index (χ4n) is 1.72. The van der Waals surface area contributed by atoms with Crippen molar-refractivity contribution in [3.8, 4) is 11.5 Å². The minimum absolute atomic E-state index is 0.0209. The van der Waals surface area contributed by atoms with Gasteiger partial charge in [-0.2, -0.15) is 0 Å². The SMILES string of the molecule is O=C(O)COc1cc([N+](=O)[O-])ccc1OCc1ccccc1. The summed E-state index contributed by atoms with van der Waals surface area (Å²) < 4.78 is 10.6. The molecule has 0 aliphatic rings. The molecule has 1 N–H and O–H groups in total. The Bertz CT molecular complexity index is 671. The Kier molecular flexibility index (Phi) is 4.92. The largest absolute Gasteiger partial charge is 0.485 e. The van der Waals surface area contributed by atoms with Gasteiger partial charge in [0, 0.05) is 6.07 Å². The molecule has 0 amide bonds. The zero-order valence-corrected chi connectivity index (χ0v) is 11.5. The summed E-state index contributed by atoms with van der Waals surface area (Å²) in [6.45, 7) is -0.370. The van der Waals surface area contributed by atoms with E-state index in [1.807, 2.05) is 30.3 Å². The Morgan fingerprint density at radius 1 is 1.09 bits per heavy atom. The zero-order valence-electron chi connectivity index (χ0n) is 11.5. The molecule has 0 saturated heterocycles. The van der Waals surface area contributed by atoms with Gasteiger partial charge in [-0.1, -0.05) is 30.3 Å². The maximum atomic E-state index is 10.8. The summed E-state index contributed by atoms with van der Waals surface area (Å²) in [5.41, 5.74) is 0.706. The number of carboxylic acids is 1. The van der Waals surface area contributed by atoms with Crippen LogP contribution in [0.25, 0.3) is 0 Å². The van der Waals surface area contributed by atoms with E-state index in [-0.39, 0.29) is 23.8 Å². The van der Waals surface area contributed by atoms with Crippen LogP contribution >= 0.6 is 0 Å². The lowest BCUT2D eigenvalue weighted by Gasteiger charge is -2.11. The quantitative estimate of drug-likeness (QED) is 0.623. The lowest BCUT2D eigenvalue weighted by Crippen LogP contribution is -2.10. The highest BCUT2D eigenvalue weighted by Crippen LogP contribution is 2.32. The second-order valence-corrected chi connectivity index (χ2v) is 4.34. The van der Waals surface area contributed by atoms with Crippen LogP contribution in [0.2, 0.25) is 0 Å². The van der Waals surface area contributed by atoms with Gasteiger partial charge in [0.2, 0.25) is 0 Å². The Morgan fingerprint density at radius 2 is 1.82 bits per heavy atom. The fraction of sp³-hybridized carbons (Fsp3) is 0.133. The van der Waals surface area contributed by atoms with Gasteiger partial charge in [-0.05, 0) is 11.6 Å². The number of ether oxygens (including phenoxy) is 2. The number of aliphatic carboxylic acids is 1.